The van der Waals surface area contributed by atoms with E-state index in [-0.39, 0.29) is 0 Å². The Bertz CT molecular complexity index is 551. The van der Waals surface area contributed by atoms with Crippen molar-refractivity contribution in [3.63, 3.8) is 0 Å². The molecule has 0 saturated carbocycles. The summed E-state index contributed by atoms with van der Waals surface area (Å²) in [6.07, 6.45) is 1.02. The molecular formula is C16H16N2S. The van der Waals surface area contributed by atoms with Crippen LogP contribution in [0.15, 0.2) is 65.7 Å². The maximum absolute atomic E-state index is 4.75. The van der Waals surface area contributed by atoms with Crippen molar-refractivity contribution in [3.8, 4) is 0 Å². The molecule has 0 radical (unpaired) electrons. The molecule has 0 spiro atoms. The van der Waals surface area contributed by atoms with E-state index < -0.39 is 0 Å². The molecule has 0 aromatic heterocycles. The molecule has 1 unspecified atom stereocenters. The van der Waals surface area contributed by atoms with Gasteiger partial charge in [0.15, 0.2) is 5.17 Å². The number of nitrogens with zero attached hydrogens (tertiary/aromatic N) is 1. The molecule has 3 rings (SSSR count). The fourth-order valence-electron chi connectivity index (χ4n) is 2.12. The average Bonchev–Trinajstić information content (AvgIpc) is 2.88. The van der Waals surface area contributed by atoms with E-state index >= 15 is 0 Å². The minimum Gasteiger partial charge on any atom is -0.335 e. The average molecular weight is 268 g/mol. The van der Waals surface area contributed by atoms with Crippen LogP contribution in [-0.2, 0) is 6.42 Å². The van der Waals surface area contributed by atoms with Gasteiger partial charge >= 0.3 is 0 Å². The van der Waals surface area contributed by atoms with E-state index in [0.29, 0.717) is 6.04 Å². The van der Waals surface area contributed by atoms with Crippen molar-refractivity contribution in [1.29, 1.82) is 0 Å². The molecule has 2 nitrogen and oxygen atoms in total. The summed E-state index contributed by atoms with van der Waals surface area (Å²) in [4.78, 5) is 4.75. The van der Waals surface area contributed by atoms with Crippen molar-refractivity contribution in [2.75, 3.05) is 11.1 Å². The Morgan fingerprint density at radius 3 is 2.42 bits per heavy atom. The second-order valence-electron chi connectivity index (χ2n) is 4.58. The summed E-state index contributed by atoms with van der Waals surface area (Å²) >= 11 is 1.80. The van der Waals surface area contributed by atoms with Gasteiger partial charge in [-0.1, -0.05) is 60.3 Å². The van der Waals surface area contributed by atoms with Crippen LogP contribution in [-0.4, -0.2) is 17.0 Å². The van der Waals surface area contributed by atoms with Crippen LogP contribution in [0.2, 0.25) is 0 Å². The van der Waals surface area contributed by atoms with E-state index in [0.717, 1.165) is 23.0 Å². The number of rotatable bonds is 3. The normalized spacial score (nSPS) is 18.1. The van der Waals surface area contributed by atoms with E-state index in [1.807, 2.05) is 18.2 Å². The first-order valence-electron chi connectivity index (χ1n) is 6.47. The first kappa shape index (κ1) is 12.3. The van der Waals surface area contributed by atoms with Crippen molar-refractivity contribution < 1.29 is 0 Å². The lowest BCUT2D eigenvalue weighted by atomic mass is 10.1. The first-order chi connectivity index (χ1) is 9.40. The van der Waals surface area contributed by atoms with Gasteiger partial charge in [-0.2, -0.15) is 0 Å². The quantitative estimate of drug-likeness (QED) is 0.915. The summed E-state index contributed by atoms with van der Waals surface area (Å²) in [5.41, 5.74) is 2.46. The second-order valence-corrected chi connectivity index (χ2v) is 5.59. The largest absolute Gasteiger partial charge is 0.335 e. The maximum Gasteiger partial charge on any atom is 0.161 e. The lowest BCUT2D eigenvalue weighted by Gasteiger charge is -2.05. The summed E-state index contributed by atoms with van der Waals surface area (Å²) in [7, 11) is 0. The highest BCUT2D eigenvalue weighted by atomic mass is 32.2. The van der Waals surface area contributed by atoms with Crippen molar-refractivity contribution in [1.82, 2.24) is 0 Å². The Kier molecular flexibility index (Phi) is 3.84. The van der Waals surface area contributed by atoms with Crippen LogP contribution >= 0.6 is 11.8 Å². The van der Waals surface area contributed by atoms with Crippen molar-refractivity contribution >= 4 is 22.6 Å². The third-order valence-corrected chi connectivity index (χ3v) is 4.08. The maximum atomic E-state index is 4.75. The summed E-state index contributed by atoms with van der Waals surface area (Å²) in [5.74, 6) is 1.06. The molecule has 0 amide bonds. The SMILES string of the molecule is c1ccc(CC2CSC(Nc3ccccc3)=N2)cc1. The molecule has 0 aliphatic carbocycles. The van der Waals surface area contributed by atoms with Crippen molar-refractivity contribution in [3.05, 3.63) is 66.2 Å². The Morgan fingerprint density at radius 1 is 1.00 bits per heavy atom. The van der Waals surface area contributed by atoms with E-state index in [2.05, 4.69) is 47.8 Å². The number of aliphatic imine (C=N–C) groups is 1. The van der Waals surface area contributed by atoms with Crippen LogP contribution in [0.5, 0.6) is 0 Å². The highest BCUT2D eigenvalue weighted by Gasteiger charge is 2.18. The van der Waals surface area contributed by atoms with Gasteiger partial charge in [0.1, 0.15) is 0 Å². The van der Waals surface area contributed by atoms with Crippen LogP contribution in [0.1, 0.15) is 5.56 Å². The van der Waals surface area contributed by atoms with Crippen LogP contribution in [0.3, 0.4) is 0 Å². The predicted molar refractivity (Wildman–Crippen MR) is 83.9 cm³/mol. The minimum absolute atomic E-state index is 0.388. The molecule has 96 valence electrons. The Morgan fingerprint density at radius 2 is 1.68 bits per heavy atom. The van der Waals surface area contributed by atoms with Gasteiger partial charge in [0.2, 0.25) is 0 Å². The molecule has 1 heterocycles. The number of nitrogens with one attached hydrogen (secondary N) is 1. The zero-order chi connectivity index (χ0) is 12.9. The summed E-state index contributed by atoms with van der Waals surface area (Å²) in [6.45, 7) is 0. The molecule has 1 aliphatic rings. The van der Waals surface area contributed by atoms with E-state index in [1.54, 1.807) is 11.8 Å². The Labute approximate surface area is 118 Å². The summed E-state index contributed by atoms with van der Waals surface area (Å²) < 4.78 is 0. The van der Waals surface area contributed by atoms with Gasteiger partial charge in [-0.15, -0.1) is 0 Å². The molecule has 0 fully saturated rings. The molecule has 0 saturated heterocycles. The number of benzene rings is 2. The number of hydrogen-bond donors (Lipinski definition) is 1. The van der Waals surface area contributed by atoms with Crippen LogP contribution in [0.4, 0.5) is 5.69 Å². The Hall–Kier alpha value is -1.74. The molecule has 1 aliphatic heterocycles. The van der Waals surface area contributed by atoms with Gasteiger partial charge < -0.3 is 5.32 Å². The molecular weight excluding hydrogens is 252 g/mol. The first-order valence-corrected chi connectivity index (χ1v) is 7.45. The molecule has 19 heavy (non-hydrogen) atoms. The second kappa shape index (κ2) is 5.93. The molecule has 1 atom stereocenters. The third-order valence-electron chi connectivity index (χ3n) is 3.05. The van der Waals surface area contributed by atoms with Gasteiger partial charge in [0, 0.05) is 11.4 Å². The van der Waals surface area contributed by atoms with Gasteiger partial charge in [-0.25, -0.2) is 0 Å². The van der Waals surface area contributed by atoms with Crippen molar-refractivity contribution in [2.45, 2.75) is 12.5 Å². The molecule has 2 aromatic rings. The van der Waals surface area contributed by atoms with Gasteiger partial charge in [0.25, 0.3) is 0 Å². The molecule has 0 bridgehead atoms. The number of hydrogen-bond acceptors (Lipinski definition) is 3. The van der Waals surface area contributed by atoms with Crippen LogP contribution < -0.4 is 5.32 Å². The number of para-hydroxylation sites is 1. The fraction of sp³-hybridized carbons (Fsp3) is 0.188. The van der Waals surface area contributed by atoms with E-state index in [1.165, 1.54) is 5.56 Å². The fourth-order valence-corrected chi connectivity index (χ4v) is 3.08. The van der Waals surface area contributed by atoms with E-state index in [9.17, 15) is 0 Å². The van der Waals surface area contributed by atoms with E-state index in [4.69, 9.17) is 4.99 Å². The zero-order valence-electron chi connectivity index (χ0n) is 10.6. The number of amidine groups is 1. The van der Waals surface area contributed by atoms with Gasteiger partial charge in [-0.3, -0.25) is 4.99 Å². The van der Waals surface area contributed by atoms with Crippen LogP contribution in [0, 0.1) is 0 Å². The molecule has 2 aromatic carbocycles. The number of anilines is 1. The number of thioether (sulfide) groups is 1. The van der Waals surface area contributed by atoms with Gasteiger partial charge in [0.05, 0.1) is 6.04 Å². The Balaban J connectivity index is 1.62. The smallest absolute Gasteiger partial charge is 0.161 e. The monoisotopic (exact) mass is 268 g/mol. The van der Waals surface area contributed by atoms with Crippen molar-refractivity contribution in [2.24, 2.45) is 4.99 Å². The lowest BCUT2D eigenvalue weighted by molar-refractivity contribution is 0.762. The summed E-state index contributed by atoms with van der Waals surface area (Å²) in [5, 5.41) is 4.40. The lowest BCUT2D eigenvalue weighted by Crippen LogP contribution is -2.08. The topological polar surface area (TPSA) is 24.4 Å². The minimum atomic E-state index is 0.388. The highest BCUT2D eigenvalue weighted by Crippen LogP contribution is 2.22. The third kappa shape index (κ3) is 3.38. The van der Waals surface area contributed by atoms with Gasteiger partial charge in [-0.05, 0) is 24.1 Å². The molecule has 1 N–H and O–H groups in total. The standard InChI is InChI=1S/C16H16N2S/c1-3-7-13(8-4-1)11-15-12-19-16(18-15)17-14-9-5-2-6-10-14/h1-10,15H,11-12H2,(H,17,18). The molecule has 3 heteroatoms. The predicted octanol–water partition coefficient (Wildman–Crippen LogP) is 3.81. The van der Waals surface area contributed by atoms with Crippen LogP contribution in [0.25, 0.3) is 0 Å². The zero-order valence-corrected chi connectivity index (χ0v) is 11.4. The highest BCUT2D eigenvalue weighted by molar-refractivity contribution is 8.14. The summed E-state index contributed by atoms with van der Waals surface area (Å²) in [6, 6.07) is 21.2.